The lowest BCUT2D eigenvalue weighted by Gasteiger charge is -2.10. The van der Waals surface area contributed by atoms with Crippen molar-refractivity contribution in [3.05, 3.63) is 35.9 Å². The maximum atomic E-state index is 9.90. The van der Waals surface area contributed by atoms with Crippen LogP contribution in [0.1, 0.15) is 37.7 Å². The number of hydrogen-bond donors (Lipinski definition) is 0. The topological polar surface area (TPSA) is 26.3 Å². The highest BCUT2D eigenvalue weighted by molar-refractivity contribution is 5.36. The zero-order valence-electron chi connectivity index (χ0n) is 9.19. The van der Waals surface area contributed by atoms with Crippen molar-refractivity contribution >= 4 is 6.47 Å². The fourth-order valence-electron chi connectivity index (χ4n) is 1.63. The molecule has 0 aliphatic carbocycles. The van der Waals surface area contributed by atoms with E-state index in [4.69, 9.17) is 0 Å². The van der Waals surface area contributed by atoms with Crippen LogP contribution in [0.4, 0.5) is 0 Å². The molecule has 82 valence electrons. The molecular weight excluding hydrogens is 188 g/mol. The van der Waals surface area contributed by atoms with Crippen LogP contribution in [0.15, 0.2) is 30.3 Å². The molecule has 0 saturated heterocycles. The Labute approximate surface area is 91.3 Å². The van der Waals surface area contributed by atoms with Gasteiger partial charge in [0.05, 0.1) is 6.61 Å². The molecule has 0 N–H and O–H groups in total. The Kier molecular flexibility index (Phi) is 5.52. The second-order valence-corrected chi connectivity index (χ2v) is 3.77. The van der Waals surface area contributed by atoms with E-state index in [9.17, 15) is 4.79 Å². The van der Waals surface area contributed by atoms with Crippen LogP contribution in [0, 0.1) is 0 Å². The van der Waals surface area contributed by atoms with Gasteiger partial charge in [-0.3, -0.25) is 4.79 Å². The van der Waals surface area contributed by atoms with Gasteiger partial charge in [0.1, 0.15) is 0 Å². The third kappa shape index (κ3) is 4.63. The number of hydrogen-bond acceptors (Lipinski definition) is 2. The minimum Gasteiger partial charge on any atom is -0.468 e. The van der Waals surface area contributed by atoms with Gasteiger partial charge in [-0.15, -0.1) is 0 Å². The molecule has 1 atom stereocenters. The molecule has 0 bridgehead atoms. The maximum absolute atomic E-state index is 9.90. The lowest BCUT2D eigenvalue weighted by atomic mass is 9.96. The van der Waals surface area contributed by atoms with Crippen molar-refractivity contribution in [3.63, 3.8) is 0 Å². The predicted molar refractivity (Wildman–Crippen MR) is 60.7 cm³/mol. The van der Waals surface area contributed by atoms with Crippen LogP contribution in [0.25, 0.3) is 0 Å². The van der Waals surface area contributed by atoms with Gasteiger partial charge in [-0.05, 0) is 30.7 Å². The van der Waals surface area contributed by atoms with Crippen LogP contribution in [0.5, 0.6) is 0 Å². The first-order valence-corrected chi connectivity index (χ1v) is 5.45. The van der Waals surface area contributed by atoms with Gasteiger partial charge in [-0.2, -0.15) is 0 Å². The van der Waals surface area contributed by atoms with E-state index in [0.717, 1.165) is 19.3 Å². The molecule has 1 rings (SSSR count). The van der Waals surface area contributed by atoms with E-state index in [-0.39, 0.29) is 0 Å². The van der Waals surface area contributed by atoms with E-state index < -0.39 is 0 Å². The van der Waals surface area contributed by atoms with Gasteiger partial charge in [0.2, 0.25) is 0 Å². The SMILES string of the molecule is CC(CCCCOC=O)c1ccccc1. The highest BCUT2D eigenvalue weighted by Crippen LogP contribution is 2.20. The van der Waals surface area contributed by atoms with Crippen molar-refractivity contribution in [3.8, 4) is 0 Å². The van der Waals surface area contributed by atoms with E-state index in [2.05, 4.69) is 35.9 Å². The summed E-state index contributed by atoms with van der Waals surface area (Å²) in [5.74, 6) is 0.586. The zero-order valence-corrected chi connectivity index (χ0v) is 9.19. The van der Waals surface area contributed by atoms with Gasteiger partial charge in [-0.1, -0.05) is 37.3 Å². The lowest BCUT2D eigenvalue weighted by Crippen LogP contribution is -1.96. The number of carbonyl (C=O) groups is 1. The molecule has 0 aromatic heterocycles. The van der Waals surface area contributed by atoms with Crippen molar-refractivity contribution < 1.29 is 9.53 Å². The van der Waals surface area contributed by atoms with E-state index in [1.54, 1.807) is 0 Å². The van der Waals surface area contributed by atoms with Crippen LogP contribution in [0.2, 0.25) is 0 Å². The summed E-state index contributed by atoms with van der Waals surface area (Å²) in [4.78, 5) is 9.90. The minimum atomic E-state index is 0.515. The second-order valence-electron chi connectivity index (χ2n) is 3.77. The second kappa shape index (κ2) is 7.04. The Hall–Kier alpha value is -1.31. The first-order chi connectivity index (χ1) is 7.34. The van der Waals surface area contributed by atoms with E-state index >= 15 is 0 Å². The van der Waals surface area contributed by atoms with Crippen LogP contribution in [-0.4, -0.2) is 13.1 Å². The highest BCUT2D eigenvalue weighted by Gasteiger charge is 2.03. The molecule has 15 heavy (non-hydrogen) atoms. The number of ether oxygens (including phenoxy) is 1. The number of rotatable bonds is 7. The lowest BCUT2D eigenvalue weighted by molar-refractivity contribution is -0.128. The normalized spacial score (nSPS) is 12.1. The van der Waals surface area contributed by atoms with Crippen LogP contribution >= 0.6 is 0 Å². The van der Waals surface area contributed by atoms with E-state index in [0.29, 0.717) is 19.0 Å². The minimum absolute atomic E-state index is 0.515. The molecule has 0 amide bonds. The summed E-state index contributed by atoms with van der Waals surface area (Å²) in [5, 5.41) is 0. The summed E-state index contributed by atoms with van der Waals surface area (Å²) in [5.41, 5.74) is 1.38. The Morgan fingerprint density at radius 2 is 2.00 bits per heavy atom. The summed E-state index contributed by atoms with van der Waals surface area (Å²) < 4.78 is 4.64. The number of carbonyl (C=O) groups excluding carboxylic acids is 1. The monoisotopic (exact) mass is 206 g/mol. The summed E-state index contributed by atoms with van der Waals surface area (Å²) in [6.07, 6.45) is 3.20. The summed E-state index contributed by atoms with van der Waals surface area (Å²) in [7, 11) is 0. The van der Waals surface area contributed by atoms with Crippen molar-refractivity contribution in [1.29, 1.82) is 0 Å². The maximum Gasteiger partial charge on any atom is 0.293 e. The third-order valence-electron chi connectivity index (χ3n) is 2.59. The smallest absolute Gasteiger partial charge is 0.293 e. The van der Waals surface area contributed by atoms with Crippen molar-refractivity contribution in [2.75, 3.05) is 6.61 Å². The molecule has 2 heteroatoms. The van der Waals surface area contributed by atoms with E-state index in [1.807, 2.05) is 6.07 Å². The molecule has 0 fully saturated rings. The molecule has 1 aromatic carbocycles. The van der Waals surface area contributed by atoms with Crippen LogP contribution in [0.3, 0.4) is 0 Å². The summed E-state index contributed by atoms with van der Waals surface area (Å²) in [6.45, 7) is 3.29. The number of benzene rings is 1. The van der Waals surface area contributed by atoms with Gasteiger partial charge >= 0.3 is 0 Å². The molecule has 0 heterocycles. The van der Waals surface area contributed by atoms with Gasteiger partial charge in [0, 0.05) is 0 Å². The predicted octanol–water partition coefficient (Wildman–Crippen LogP) is 3.13. The zero-order chi connectivity index (χ0) is 10.9. The van der Waals surface area contributed by atoms with Gasteiger partial charge in [-0.25, -0.2) is 0 Å². The molecule has 0 aliphatic heterocycles. The fraction of sp³-hybridized carbons (Fsp3) is 0.462. The standard InChI is InChI=1S/C13H18O2/c1-12(7-5-6-10-15-11-14)13-8-3-2-4-9-13/h2-4,8-9,11-12H,5-7,10H2,1H3. The quantitative estimate of drug-likeness (QED) is 0.506. The first kappa shape index (κ1) is 11.8. The molecule has 2 nitrogen and oxygen atoms in total. The largest absolute Gasteiger partial charge is 0.468 e. The third-order valence-corrected chi connectivity index (χ3v) is 2.59. The molecule has 0 saturated carbocycles. The summed E-state index contributed by atoms with van der Waals surface area (Å²) >= 11 is 0. The molecule has 0 aliphatic rings. The molecular formula is C13H18O2. The Morgan fingerprint density at radius 1 is 1.27 bits per heavy atom. The van der Waals surface area contributed by atoms with E-state index in [1.165, 1.54) is 5.56 Å². The van der Waals surface area contributed by atoms with Crippen LogP contribution < -0.4 is 0 Å². The molecule has 1 aromatic rings. The van der Waals surface area contributed by atoms with Crippen molar-refractivity contribution in [2.45, 2.75) is 32.1 Å². The average Bonchev–Trinajstić information content (AvgIpc) is 2.30. The van der Waals surface area contributed by atoms with Crippen molar-refractivity contribution in [2.24, 2.45) is 0 Å². The van der Waals surface area contributed by atoms with Gasteiger partial charge < -0.3 is 4.74 Å². The fourth-order valence-corrected chi connectivity index (χ4v) is 1.63. The average molecular weight is 206 g/mol. The Bertz CT molecular complexity index is 269. The highest BCUT2D eigenvalue weighted by atomic mass is 16.5. The van der Waals surface area contributed by atoms with Crippen molar-refractivity contribution in [1.82, 2.24) is 0 Å². The number of unbranched alkanes of at least 4 members (excludes halogenated alkanes) is 1. The van der Waals surface area contributed by atoms with Crippen LogP contribution in [-0.2, 0) is 9.53 Å². The van der Waals surface area contributed by atoms with Gasteiger partial charge in [0.15, 0.2) is 0 Å². The molecule has 0 spiro atoms. The molecule has 0 radical (unpaired) electrons. The Morgan fingerprint density at radius 3 is 2.67 bits per heavy atom. The molecule has 1 unspecified atom stereocenters. The Balaban J connectivity index is 2.19. The van der Waals surface area contributed by atoms with Gasteiger partial charge in [0.25, 0.3) is 6.47 Å². The first-order valence-electron chi connectivity index (χ1n) is 5.45. The summed E-state index contributed by atoms with van der Waals surface area (Å²) in [6, 6.07) is 10.5.